The zero-order valence-electron chi connectivity index (χ0n) is 12.1. The van der Waals surface area contributed by atoms with Gasteiger partial charge < -0.3 is 0 Å². The Morgan fingerprint density at radius 1 is 1.00 bits per heavy atom. The minimum absolute atomic E-state index is 0.0684. The van der Waals surface area contributed by atoms with E-state index in [4.69, 9.17) is 0 Å². The fourth-order valence-electron chi connectivity index (χ4n) is 3.01. The van der Waals surface area contributed by atoms with E-state index in [-0.39, 0.29) is 23.9 Å². The van der Waals surface area contributed by atoms with Crippen LogP contribution < -0.4 is 0 Å². The summed E-state index contributed by atoms with van der Waals surface area (Å²) >= 11 is 0. The predicted molar refractivity (Wildman–Crippen MR) is 82.9 cm³/mol. The molecule has 0 radical (unpaired) electrons. The van der Waals surface area contributed by atoms with Crippen molar-refractivity contribution in [3.8, 4) is 0 Å². The highest BCUT2D eigenvalue weighted by Gasteiger charge is 2.33. The van der Waals surface area contributed by atoms with Crippen molar-refractivity contribution in [1.82, 2.24) is 0 Å². The molecule has 0 heterocycles. The molecule has 3 rings (SSSR count). The highest BCUT2D eigenvalue weighted by Crippen LogP contribution is 2.33. The average molecular weight is 278 g/mol. The molecule has 0 spiro atoms. The number of hydrogen-bond acceptors (Lipinski definition) is 2. The average Bonchev–Trinajstić information content (AvgIpc) is 2.52. The molecule has 2 aromatic carbocycles. The minimum Gasteiger partial charge on any atom is -0.294 e. The number of ketones is 2. The van der Waals surface area contributed by atoms with E-state index in [9.17, 15) is 9.59 Å². The van der Waals surface area contributed by atoms with Crippen LogP contribution in [0.3, 0.4) is 0 Å². The molecular weight excluding hydrogens is 260 g/mol. The Labute approximate surface area is 124 Å². The smallest absolute Gasteiger partial charge is 0.171 e. The topological polar surface area (TPSA) is 34.1 Å². The second-order valence-corrected chi connectivity index (χ2v) is 5.58. The summed E-state index contributed by atoms with van der Waals surface area (Å²) in [6.45, 7) is 2.11. The molecule has 1 aliphatic rings. The predicted octanol–water partition coefficient (Wildman–Crippen LogP) is 4.19. The maximum atomic E-state index is 12.7. The van der Waals surface area contributed by atoms with Gasteiger partial charge in [0.05, 0.1) is 5.92 Å². The Balaban J connectivity index is 2.00. The fourth-order valence-corrected chi connectivity index (χ4v) is 3.01. The third-order valence-electron chi connectivity index (χ3n) is 4.10. The molecule has 0 saturated carbocycles. The maximum absolute atomic E-state index is 12.7. The van der Waals surface area contributed by atoms with Gasteiger partial charge in [0, 0.05) is 17.5 Å². The Hall–Kier alpha value is -2.22. The lowest BCUT2D eigenvalue weighted by Crippen LogP contribution is -2.25. The number of fused-ring (bicyclic) bond motifs is 1. The third-order valence-corrected chi connectivity index (χ3v) is 4.10. The first kappa shape index (κ1) is 13.7. The second-order valence-electron chi connectivity index (χ2n) is 5.58. The number of Topliss-reactive ketones (excluding diaryl/α,β-unsaturated/α-hetero) is 2. The summed E-state index contributed by atoms with van der Waals surface area (Å²) < 4.78 is 0. The Morgan fingerprint density at radius 2 is 1.76 bits per heavy atom. The number of aryl methyl sites for hydroxylation is 1. The molecule has 106 valence electrons. The lowest BCUT2D eigenvalue weighted by atomic mass is 9.78. The third kappa shape index (κ3) is 2.54. The molecule has 0 bridgehead atoms. The molecule has 1 atom stereocenters. The minimum atomic E-state index is -0.330. The molecule has 1 aliphatic carbocycles. The van der Waals surface area contributed by atoms with Gasteiger partial charge in [-0.2, -0.15) is 0 Å². The van der Waals surface area contributed by atoms with Crippen molar-refractivity contribution in [3.63, 3.8) is 0 Å². The van der Waals surface area contributed by atoms with E-state index in [2.05, 4.69) is 6.92 Å². The second kappa shape index (κ2) is 5.65. The summed E-state index contributed by atoms with van der Waals surface area (Å²) in [6, 6.07) is 15.3. The van der Waals surface area contributed by atoms with Crippen LogP contribution in [-0.4, -0.2) is 11.6 Å². The van der Waals surface area contributed by atoms with Gasteiger partial charge in [-0.3, -0.25) is 9.59 Å². The lowest BCUT2D eigenvalue weighted by Gasteiger charge is -2.23. The van der Waals surface area contributed by atoms with Crippen molar-refractivity contribution < 1.29 is 9.59 Å². The van der Waals surface area contributed by atoms with Crippen LogP contribution >= 0.6 is 0 Å². The number of hydrogen-bond donors (Lipinski definition) is 0. The first-order valence-corrected chi connectivity index (χ1v) is 7.46. The van der Waals surface area contributed by atoms with E-state index in [0.717, 1.165) is 24.0 Å². The van der Waals surface area contributed by atoms with Crippen LogP contribution in [0.5, 0.6) is 0 Å². The van der Waals surface area contributed by atoms with Crippen molar-refractivity contribution in [3.05, 3.63) is 70.8 Å². The van der Waals surface area contributed by atoms with E-state index >= 15 is 0 Å². The maximum Gasteiger partial charge on any atom is 0.171 e. The van der Waals surface area contributed by atoms with E-state index in [1.807, 2.05) is 48.5 Å². The largest absolute Gasteiger partial charge is 0.294 e. The summed E-state index contributed by atoms with van der Waals surface area (Å²) in [6.07, 6.45) is 2.26. The summed E-state index contributed by atoms with van der Waals surface area (Å²) in [7, 11) is 0. The summed E-state index contributed by atoms with van der Waals surface area (Å²) in [5.74, 6) is -0.182. The van der Waals surface area contributed by atoms with Gasteiger partial charge in [0.2, 0.25) is 0 Å². The molecule has 0 aliphatic heterocycles. The number of rotatable bonds is 3. The van der Waals surface area contributed by atoms with E-state index in [1.54, 1.807) is 0 Å². The van der Waals surface area contributed by atoms with Gasteiger partial charge in [-0.15, -0.1) is 0 Å². The van der Waals surface area contributed by atoms with E-state index < -0.39 is 0 Å². The van der Waals surface area contributed by atoms with Gasteiger partial charge in [0.25, 0.3) is 0 Å². The molecule has 0 N–H and O–H groups in total. The molecule has 1 unspecified atom stereocenters. The van der Waals surface area contributed by atoms with Crippen LogP contribution in [0.2, 0.25) is 0 Å². The molecule has 0 fully saturated rings. The van der Waals surface area contributed by atoms with Crippen molar-refractivity contribution in [1.29, 1.82) is 0 Å². The van der Waals surface area contributed by atoms with E-state index in [1.165, 1.54) is 0 Å². The molecule has 0 amide bonds. The Morgan fingerprint density at radius 3 is 2.48 bits per heavy atom. The van der Waals surface area contributed by atoms with Crippen molar-refractivity contribution in [2.75, 3.05) is 0 Å². The monoisotopic (exact) mass is 278 g/mol. The molecule has 2 aromatic rings. The van der Waals surface area contributed by atoms with Gasteiger partial charge in [-0.05, 0) is 23.6 Å². The van der Waals surface area contributed by atoms with Gasteiger partial charge in [0.15, 0.2) is 11.6 Å². The summed E-state index contributed by atoms with van der Waals surface area (Å²) in [4.78, 5) is 25.1. The standard InChI is InChI=1S/C19H18O2/c1-2-6-13-9-10-15-17(11-13)18(20)12-16(19(15)21)14-7-4-3-5-8-14/h3-5,7-11,16H,2,6,12H2,1H3. The van der Waals surface area contributed by atoms with Crippen molar-refractivity contribution in [2.24, 2.45) is 0 Å². The summed E-state index contributed by atoms with van der Waals surface area (Å²) in [5.41, 5.74) is 3.26. The zero-order valence-corrected chi connectivity index (χ0v) is 12.1. The van der Waals surface area contributed by atoms with Crippen LogP contribution in [-0.2, 0) is 6.42 Å². The highest BCUT2D eigenvalue weighted by molar-refractivity contribution is 6.16. The molecular formula is C19H18O2. The SMILES string of the molecule is CCCc1ccc2c(c1)C(=O)CC(c1ccccc1)C2=O. The Bertz CT molecular complexity index is 686. The molecule has 0 aromatic heterocycles. The normalized spacial score (nSPS) is 17.7. The molecule has 2 nitrogen and oxygen atoms in total. The van der Waals surface area contributed by atoms with Crippen LogP contribution in [0, 0.1) is 0 Å². The number of benzene rings is 2. The van der Waals surface area contributed by atoms with Crippen LogP contribution in [0.25, 0.3) is 0 Å². The van der Waals surface area contributed by atoms with Gasteiger partial charge in [0.1, 0.15) is 0 Å². The van der Waals surface area contributed by atoms with Gasteiger partial charge in [-0.1, -0.05) is 55.8 Å². The van der Waals surface area contributed by atoms with Crippen LogP contribution in [0.4, 0.5) is 0 Å². The Kier molecular flexibility index (Phi) is 3.70. The zero-order chi connectivity index (χ0) is 14.8. The first-order valence-electron chi connectivity index (χ1n) is 7.46. The van der Waals surface area contributed by atoms with Crippen LogP contribution in [0.15, 0.2) is 48.5 Å². The summed E-state index contributed by atoms with van der Waals surface area (Å²) in [5, 5.41) is 0. The van der Waals surface area contributed by atoms with E-state index in [0.29, 0.717) is 11.1 Å². The molecule has 0 saturated heterocycles. The highest BCUT2D eigenvalue weighted by atomic mass is 16.1. The van der Waals surface area contributed by atoms with Gasteiger partial charge in [-0.25, -0.2) is 0 Å². The first-order chi connectivity index (χ1) is 10.2. The number of carbonyl (C=O) groups excluding carboxylic acids is 2. The van der Waals surface area contributed by atoms with Crippen molar-refractivity contribution in [2.45, 2.75) is 32.1 Å². The lowest BCUT2D eigenvalue weighted by molar-refractivity contribution is 0.0865. The van der Waals surface area contributed by atoms with Crippen LogP contribution in [0.1, 0.15) is 57.5 Å². The van der Waals surface area contributed by atoms with Gasteiger partial charge >= 0.3 is 0 Å². The fraction of sp³-hybridized carbons (Fsp3) is 0.263. The quantitative estimate of drug-likeness (QED) is 0.843. The van der Waals surface area contributed by atoms with Crippen molar-refractivity contribution >= 4 is 11.6 Å². The molecule has 21 heavy (non-hydrogen) atoms. The molecule has 2 heteroatoms. The number of carbonyl (C=O) groups is 2.